The molecule has 1 aliphatic rings. The third kappa shape index (κ3) is 8.57. The van der Waals surface area contributed by atoms with Crippen molar-refractivity contribution in [2.24, 2.45) is 0 Å². The van der Waals surface area contributed by atoms with Crippen LogP contribution in [0.15, 0.2) is 107 Å². The first-order valence-corrected chi connectivity index (χ1v) is 19.6. The number of unbranched alkanes of at least 4 members (excludes halogenated alkanes) is 2. The van der Waals surface area contributed by atoms with Gasteiger partial charge in [-0.05, 0) is 59.7 Å². The Morgan fingerprint density at radius 2 is 1.53 bits per heavy atom. The van der Waals surface area contributed by atoms with Gasteiger partial charge in [-0.1, -0.05) is 95.9 Å². The highest BCUT2D eigenvalue weighted by atomic mass is 32.2. The monoisotopic (exact) mass is 706 g/mol. The minimum absolute atomic E-state index is 0.194. The summed E-state index contributed by atoms with van der Waals surface area (Å²) in [5.41, 5.74) is 6.62. The number of thiazole rings is 1. The average molecular weight is 707 g/mol. The lowest BCUT2D eigenvalue weighted by Gasteiger charge is -2.21. The number of benzene rings is 4. The van der Waals surface area contributed by atoms with E-state index in [2.05, 4.69) is 76.2 Å². The molecule has 0 saturated heterocycles. The molecule has 1 aliphatic heterocycles. The summed E-state index contributed by atoms with van der Waals surface area (Å²) in [4.78, 5) is 3.35. The van der Waals surface area contributed by atoms with Gasteiger partial charge >= 0.3 is 11.4 Å². The Morgan fingerprint density at radius 3 is 2.21 bits per heavy atom. The molecule has 1 aromatic heterocycles. The summed E-state index contributed by atoms with van der Waals surface area (Å²) in [5.74, 6) is -0.377. The quantitative estimate of drug-likeness (QED) is 0.0542. The van der Waals surface area contributed by atoms with Crippen LogP contribution in [0, 0.1) is 0 Å². The van der Waals surface area contributed by atoms with Crippen LogP contribution in [-0.2, 0) is 32.2 Å². The number of hydrogen-bond donors (Lipinski definition) is 1. The SMILES string of the molecule is O=S(O)OCCCC[n+]1c(C=C2Sc3ccc(-c4ccccc4)cc3N2CCCCS(=O)(=O)[O-])sc2ccc(-c3ccccc3)cc21. The average Bonchev–Trinajstić information content (AvgIpc) is 3.59. The Bertz CT molecular complexity index is 2010. The van der Waals surface area contributed by atoms with Crippen LogP contribution >= 0.6 is 23.1 Å². The maximum absolute atomic E-state index is 11.3. The van der Waals surface area contributed by atoms with E-state index in [4.69, 9.17) is 8.74 Å². The van der Waals surface area contributed by atoms with Crippen LogP contribution in [-0.4, -0.2) is 40.6 Å². The first-order chi connectivity index (χ1) is 22.7. The van der Waals surface area contributed by atoms with E-state index >= 15 is 0 Å². The predicted octanol–water partition coefficient (Wildman–Crippen LogP) is 7.69. The van der Waals surface area contributed by atoms with Crippen LogP contribution < -0.4 is 9.47 Å². The van der Waals surface area contributed by atoms with Gasteiger partial charge in [0.1, 0.15) is 4.70 Å². The summed E-state index contributed by atoms with van der Waals surface area (Å²) in [7, 11) is -4.28. The van der Waals surface area contributed by atoms with Crippen molar-refractivity contribution in [3.63, 3.8) is 0 Å². The van der Waals surface area contributed by atoms with Gasteiger partial charge in [0.15, 0.2) is 6.54 Å². The van der Waals surface area contributed by atoms with E-state index < -0.39 is 21.5 Å². The summed E-state index contributed by atoms with van der Waals surface area (Å²) in [5, 5.41) is 2.08. The van der Waals surface area contributed by atoms with E-state index in [1.165, 1.54) is 0 Å². The first kappa shape index (κ1) is 33.5. The van der Waals surface area contributed by atoms with E-state index in [0.717, 1.165) is 59.5 Å². The van der Waals surface area contributed by atoms with E-state index in [1.807, 2.05) is 36.4 Å². The van der Waals surface area contributed by atoms with Crippen LogP contribution in [0.2, 0.25) is 0 Å². The van der Waals surface area contributed by atoms with Crippen molar-refractivity contribution in [1.82, 2.24) is 0 Å². The summed E-state index contributed by atoms with van der Waals surface area (Å²) in [6, 6.07) is 33.4. The molecule has 0 spiro atoms. The second-order valence-corrected chi connectivity index (χ2v) is 15.5. The van der Waals surface area contributed by atoms with Crippen molar-refractivity contribution in [3.05, 3.63) is 107 Å². The van der Waals surface area contributed by atoms with Gasteiger partial charge in [-0.3, -0.25) is 8.74 Å². The maximum atomic E-state index is 11.3. The zero-order valence-corrected chi connectivity index (χ0v) is 28.8. The number of aromatic nitrogens is 1. The maximum Gasteiger partial charge on any atom is 0.301 e. The lowest BCUT2D eigenvalue weighted by Crippen LogP contribution is -2.35. The molecule has 0 amide bonds. The Labute approximate surface area is 286 Å². The molecule has 1 atom stereocenters. The number of rotatable bonds is 14. The minimum Gasteiger partial charge on any atom is -0.748 e. The molecule has 1 N–H and O–H groups in total. The van der Waals surface area contributed by atoms with Gasteiger partial charge < -0.3 is 9.45 Å². The predicted molar refractivity (Wildman–Crippen MR) is 190 cm³/mol. The van der Waals surface area contributed by atoms with Gasteiger partial charge in [0.25, 0.3) is 5.01 Å². The van der Waals surface area contributed by atoms with Gasteiger partial charge in [0.05, 0.1) is 33.5 Å². The third-order valence-electron chi connectivity index (χ3n) is 7.91. The lowest BCUT2D eigenvalue weighted by atomic mass is 10.0. The molecular weight excluding hydrogens is 673 g/mol. The van der Waals surface area contributed by atoms with Crippen molar-refractivity contribution >= 4 is 66.6 Å². The molecule has 12 heteroatoms. The van der Waals surface area contributed by atoms with Crippen LogP contribution in [0.25, 0.3) is 38.5 Å². The van der Waals surface area contributed by atoms with Gasteiger partial charge in [0.2, 0.25) is 5.52 Å². The van der Waals surface area contributed by atoms with Gasteiger partial charge in [-0.15, -0.1) is 0 Å². The van der Waals surface area contributed by atoms with E-state index in [-0.39, 0.29) is 12.4 Å². The largest absolute Gasteiger partial charge is 0.748 e. The second kappa shape index (κ2) is 15.2. The molecule has 6 rings (SSSR count). The highest BCUT2D eigenvalue weighted by molar-refractivity contribution is 8.03. The van der Waals surface area contributed by atoms with Crippen molar-refractivity contribution < 1.29 is 30.5 Å². The topological polar surface area (TPSA) is 111 Å². The van der Waals surface area contributed by atoms with Crippen molar-refractivity contribution in [2.75, 3.05) is 23.8 Å². The molecule has 0 saturated carbocycles. The molecule has 47 heavy (non-hydrogen) atoms. The Hall–Kier alpha value is -3.36. The Kier molecular flexibility index (Phi) is 10.9. The second-order valence-electron chi connectivity index (χ2n) is 11.1. The standard InChI is InChI=1S/C35H34N2O6S4/c38-46(39)43-21-9-7-19-36-30-23-28(26-11-3-1-4-12-26)15-17-32(30)44-34(36)25-35-37(20-8-10-22-47(40,41)42)31-24-29(16-18-33(31)45-35)27-13-5-2-6-14-27/h1-6,11-18,23-25H,7-10,19-22H2,(H-,38,39,40,41,42). The number of thioether (sulfide) groups is 1. The van der Waals surface area contributed by atoms with E-state index in [9.17, 15) is 17.2 Å². The summed E-state index contributed by atoms with van der Waals surface area (Å²) < 4.78 is 62.2. The Morgan fingerprint density at radius 1 is 0.851 bits per heavy atom. The third-order valence-corrected chi connectivity index (χ3v) is 11.3. The molecule has 0 bridgehead atoms. The lowest BCUT2D eigenvalue weighted by molar-refractivity contribution is -0.669. The van der Waals surface area contributed by atoms with Crippen molar-refractivity contribution in [2.45, 2.75) is 37.1 Å². The van der Waals surface area contributed by atoms with E-state index in [0.29, 0.717) is 32.4 Å². The minimum atomic E-state index is -4.28. The molecule has 0 radical (unpaired) electrons. The molecule has 2 heterocycles. The first-order valence-electron chi connectivity index (χ1n) is 15.3. The molecule has 244 valence electrons. The molecule has 0 fully saturated rings. The highest BCUT2D eigenvalue weighted by Gasteiger charge is 2.28. The molecular formula is C35H34N2O6S4. The number of hydrogen-bond acceptors (Lipinski definition) is 8. The van der Waals surface area contributed by atoms with Crippen molar-refractivity contribution in [1.29, 1.82) is 0 Å². The fourth-order valence-electron chi connectivity index (χ4n) is 5.66. The number of fused-ring (bicyclic) bond motifs is 2. The summed E-state index contributed by atoms with van der Waals surface area (Å²) >= 11 is 1.10. The van der Waals surface area contributed by atoms with Gasteiger partial charge in [-0.25, -0.2) is 8.42 Å². The van der Waals surface area contributed by atoms with Gasteiger partial charge in [0, 0.05) is 29.7 Å². The zero-order chi connectivity index (χ0) is 32.8. The molecule has 0 aliphatic carbocycles. The number of nitrogens with zero attached hydrogens (tertiary/aromatic N) is 2. The van der Waals surface area contributed by atoms with Crippen LogP contribution in [0.3, 0.4) is 0 Å². The fourth-order valence-corrected chi connectivity index (χ4v) is 8.76. The molecule has 8 nitrogen and oxygen atoms in total. The summed E-state index contributed by atoms with van der Waals surface area (Å²) in [6.07, 6.45) is 4.42. The highest BCUT2D eigenvalue weighted by Crippen LogP contribution is 2.48. The van der Waals surface area contributed by atoms with Crippen LogP contribution in [0.1, 0.15) is 30.7 Å². The zero-order valence-electron chi connectivity index (χ0n) is 25.5. The molecule has 1 unspecified atom stereocenters. The van der Waals surface area contributed by atoms with Gasteiger partial charge in [-0.2, -0.15) is 8.78 Å². The smallest absolute Gasteiger partial charge is 0.301 e. The van der Waals surface area contributed by atoms with Crippen molar-refractivity contribution in [3.8, 4) is 22.3 Å². The van der Waals surface area contributed by atoms with Crippen LogP contribution in [0.5, 0.6) is 0 Å². The van der Waals surface area contributed by atoms with Crippen LogP contribution in [0.4, 0.5) is 5.69 Å². The molecule has 4 aromatic carbocycles. The number of aryl methyl sites for hydroxylation is 1. The fraction of sp³-hybridized carbons (Fsp3) is 0.229. The van der Waals surface area contributed by atoms with E-state index in [1.54, 1.807) is 23.1 Å². The summed E-state index contributed by atoms with van der Waals surface area (Å²) in [6.45, 7) is 1.45. The Balaban J connectivity index is 1.37. The molecule has 5 aromatic rings. The number of anilines is 1. The normalized spacial score (nSPS) is 14.6.